The van der Waals surface area contributed by atoms with Crippen LogP contribution < -0.4 is 0 Å². The summed E-state index contributed by atoms with van der Waals surface area (Å²) in [5.41, 5.74) is 0. The lowest BCUT2D eigenvalue weighted by atomic mass is 9.88. The average molecular weight is 113 g/mol. The SMILES string of the molecule is C[C+]1CCCCC1O. The van der Waals surface area contributed by atoms with Crippen LogP contribution in [0, 0.1) is 5.92 Å². The molecule has 0 heterocycles. The highest BCUT2D eigenvalue weighted by Crippen LogP contribution is 2.24. The van der Waals surface area contributed by atoms with Crippen LogP contribution >= 0.6 is 0 Å². The molecule has 0 aliphatic heterocycles. The molecular weight excluding hydrogens is 100 g/mol. The molecule has 0 radical (unpaired) electrons. The first kappa shape index (κ1) is 5.96. The third kappa shape index (κ3) is 1.16. The van der Waals surface area contributed by atoms with E-state index in [1.165, 1.54) is 18.8 Å². The quantitative estimate of drug-likeness (QED) is 0.472. The molecule has 46 valence electrons. The van der Waals surface area contributed by atoms with Gasteiger partial charge in [0.25, 0.3) is 0 Å². The topological polar surface area (TPSA) is 20.2 Å². The summed E-state index contributed by atoms with van der Waals surface area (Å²) in [6.45, 7) is 2.05. The van der Waals surface area contributed by atoms with Crippen molar-refractivity contribution in [2.24, 2.45) is 0 Å². The van der Waals surface area contributed by atoms with E-state index in [4.69, 9.17) is 5.11 Å². The highest BCUT2D eigenvalue weighted by Gasteiger charge is 2.27. The van der Waals surface area contributed by atoms with Crippen molar-refractivity contribution in [3.63, 3.8) is 0 Å². The van der Waals surface area contributed by atoms with Gasteiger partial charge in [0.05, 0.1) is 13.3 Å². The summed E-state index contributed by atoms with van der Waals surface area (Å²) in [4.78, 5) is 0. The lowest BCUT2D eigenvalue weighted by molar-refractivity contribution is 0.152. The first-order chi connectivity index (χ1) is 3.80. The van der Waals surface area contributed by atoms with E-state index in [9.17, 15) is 0 Å². The summed E-state index contributed by atoms with van der Waals surface area (Å²) < 4.78 is 0. The molecule has 0 aromatic heterocycles. The Morgan fingerprint density at radius 1 is 1.50 bits per heavy atom. The summed E-state index contributed by atoms with van der Waals surface area (Å²) in [6.07, 6.45) is 4.54. The standard InChI is InChI=1S/C7H13O/c1-6-4-2-3-5-7(6)8/h7-8H,2-5H2,1H3/q+1. The minimum Gasteiger partial charge on any atom is -0.353 e. The summed E-state index contributed by atoms with van der Waals surface area (Å²) >= 11 is 0. The zero-order valence-corrected chi connectivity index (χ0v) is 5.35. The van der Waals surface area contributed by atoms with E-state index < -0.39 is 0 Å². The molecule has 0 bridgehead atoms. The van der Waals surface area contributed by atoms with Gasteiger partial charge in [-0.3, -0.25) is 0 Å². The Balaban J connectivity index is 2.28. The van der Waals surface area contributed by atoms with Gasteiger partial charge in [-0.2, -0.15) is 0 Å². The van der Waals surface area contributed by atoms with Crippen LogP contribution in [0.15, 0.2) is 0 Å². The van der Waals surface area contributed by atoms with Crippen molar-refractivity contribution < 1.29 is 5.11 Å². The lowest BCUT2D eigenvalue weighted by Crippen LogP contribution is -2.19. The number of aliphatic hydroxyl groups is 1. The van der Waals surface area contributed by atoms with E-state index in [0.29, 0.717) is 0 Å². The van der Waals surface area contributed by atoms with Crippen LogP contribution in [-0.4, -0.2) is 11.2 Å². The Bertz CT molecular complexity index is 60.8. The van der Waals surface area contributed by atoms with Gasteiger partial charge in [0.2, 0.25) is 0 Å². The maximum Gasteiger partial charge on any atom is 0.196 e. The molecule has 0 amide bonds. The average Bonchev–Trinajstić information content (AvgIpc) is 1.77. The van der Waals surface area contributed by atoms with Crippen molar-refractivity contribution in [2.75, 3.05) is 0 Å². The Kier molecular flexibility index (Phi) is 1.79. The van der Waals surface area contributed by atoms with E-state index in [-0.39, 0.29) is 6.10 Å². The fourth-order valence-corrected chi connectivity index (χ4v) is 1.15. The molecule has 0 aromatic rings. The molecule has 0 spiro atoms. The normalized spacial score (nSPS) is 30.8. The molecule has 1 saturated carbocycles. The smallest absolute Gasteiger partial charge is 0.196 e. The van der Waals surface area contributed by atoms with Gasteiger partial charge in [-0.1, -0.05) is 0 Å². The number of hydrogen-bond donors (Lipinski definition) is 1. The van der Waals surface area contributed by atoms with Gasteiger partial charge in [-0.15, -0.1) is 0 Å². The molecular formula is C7H13O+. The van der Waals surface area contributed by atoms with Gasteiger partial charge >= 0.3 is 0 Å². The summed E-state index contributed by atoms with van der Waals surface area (Å²) in [5.74, 6) is 1.27. The molecule has 1 rings (SSSR count). The van der Waals surface area contributed by atoms with Gasteiger partial charge in [-0.05, 0) is 12.8 Å². The number of rotatable bonds is 0. The highest BCUT2D eigenvalue weighted by molar-refractivity contribution is 4.94. The molecule has 1 unspecified atom stereocenters. The zero-order valence-electron chi connectivity index (χ0n) is 5.35. The van der Waals surface area contributed by atoms with E-state index in [2.05, 4.69) is 0 Å². The monoisotopic (exact) mass is 113 g/mol. The van der Waals surface area contributed by atoms with Gasteiger partial charge in [-0.25, -0.2) is 0 Å². The summed E-state index contributed by atoms with van der Waals surface area (Å²) in [7, 11) is 0. The predicted octanol–water partition coefficient (Wildman–Crippen LogP) is 1.52. The fraction of sp³-hybridized carbons (Fsp3) is 0.857. The highest BCUT2D eigenvalue weighted by atomic mass is 16.3. The second-order valence-electron chi connectivity index (χ2n) is 2.61. The van der Waals surface area contributed by atoms with Gasteiger partial charge in [0.15, 0.2) is 6.10 Å². The third-order valence-electron chi connectivity index (χ3n) is 1.87. The van der Waals surface area contributed by atoms with E-state index in [0.717, 1.165) is 12.8 Å². The molecule has 1 nitrogen and oxygen atoms in total. The Hall–Kier alpha value is -0.170. The van der Waals surface area contributed by atoms with Crippen LogP contribution in [0.1, 0.15) is 32.6 Å². The summed E-state index contributed by atoms with van der Waals surface area (Å²) in [6, 6.07) is 0. The Morgan fingerprint density at radius 2 is 2.25 bits per heavy atom. The van der Waals surface area contributed by atoms with Gasteiger partial charge in [0, 0.05) is 6.42 Å². The number of hydrogen-bond acceptors (Lipinski definition) is 1. The third-order valence-corrected chi connectivity index (χ3v) is 1.87. The Morgan fingerprint density at radius 3 is 2.62 bits per heavy atom. The second-order valence-corrected chi connectivity index (χ2v) is 2.61. The van der Waals surface area contributed by atoms with Gasteiger partial charge in [0.1, 0.15) is 5.92 Å². The maximum absolute atomic E-state index is 9.14. The largest absolute Gasteiger partial charge is 0.353 e. The van der Waals surface area contributed by atoms with Crippen molar-refractivity contribution in [1.82, 2.24) is 0 Å². The first-order valence-corrected chi connectivity index (χ1v) is 3.31. The summed E-state index contributed by atoms with van der Waals surface area (Å²) in [5, 5.41) is 9.14. The first-order valence-electron chi connectivity index (χ1n) is 3.31. The molecule has 1 aliphatic rings. The van der Waals surface area contributed by atoms with E-state index in [1.807, 2.05) is 6.92 Å². The van der Waals surface area contributed by atoms with Gasteiger partial charge < -0.3 is 5.11 Å². The molecule has 1 N–H and O–H groups in total. The molecule has 1 aliphatic carbocycles. The molecule has 0 aromatic carbocycles. The van der Waals surface area contributed by atoms with Crippen molar-refractivity contribution in [3.05, 3.63) is 5.92 Å². The predicted molar refractivity (Wildman–Crippen MR) is 33.4 cm³/mol. The lowest BCUT2D eigenvalue weighted by Gasteiger charge is -2.13. The minimum absolute atomic E-state index is 0.0799. The van der Waals surface area contributed by atoms with Crippen LogP contribution in [0.5, 0.6) is 0 Å². The Labute approximate surface area is 50.7 Å². The molecule has 1 fully saturated rings. The van der Waals surface area contributed by atoms with Crippen molar-refractivity contribution in [3.8, 4) is 0 Å². The minimum atomic E-state index is -0.0799. The maximum atomic E-state index is 9.14. The second kappa shape index (κ2) is 2.40. The van der Waals surface area contributed by atoms with Crippen LogP contribution in [0.4, 0.5) is 0 Å². The van der Waals surface area contributed by atoms with E-state index >= 15 is 0 Å². The fourth-order valence-electron chi connectivity index (χ4n) is 1.15. The molecule has 1 heteroatoms. The van der Waals surface area contributed by atoms with Crippen LogP contribution in [0.2, 0.25) is 0 Å². The zero-order chi connectivity index (χ0) is 5.98. The van der Waals surface area contributed by atoms with Crippen molar-refractivity contribution in [2.45, 2.75) is 38.7 Å². The van der Waals surface area contributed by atoms with Crippen molar-refractivity contribution in [1.29, 1.82) is 0 Å². The molecule has 0 saturated heterocycles. The number of aliphatic hydroxyl groups excluding tert-OH is 1. The molecule has 8 heavy (non-hydrogen) atoms. The van der Waals surface area contributed by atoms with Crippen molar-refractivity contribution >= 4 is 0 Å². The van der Waals surface area contributed by atoms with E-state index in [1.54, 1.807) is 0 Å². The van der Waals surface area contributed by atoms with Crippen LogP contribution in [0.25, 0.3) is 0 Å². The molecule has 1 atom stereocenters. The van der Waals surface area contributed by atoms with Crippen LogP contribution in [0.3, 0.4) is 0 Å². The van der Waals surface area contributed by atoms with Crippen LogP contribution in [-0.2, 0) is 0 Å².